The fourth-order valence-corrected chi connectivity index (χ4v) is 5.41. The second-order valence-corrected chi connectivity index (χ2v) is 10.3. The van der Waals surface area contributed by atoms with E-state index in [1.54, 1.807) is 42.1 Å². The third kappa shape index (κ3) is 3.49. The number of aromatic nitrogens is 4. The molecule has 0 spiro atoms. The van der Waals surface area contributed by atoms with E-state index in [-0.39, 0.29) is 11.7 Å². The highest BCUT2D eigenvalue weighted by atomic mass is 32.2. The van der Waals surface area contributed by atoms with Gasteiger partial charge in [0, 0.05) is 49.8 Å². The average molecular weight is 453 g/mol. The van der Waals surface area contributed by atoms with Gasteiger partial charge in [0.1, 0.15) is 0 Å². The van der Waals surface area contributed by atoms with E-state index in [0.717, 1.165) is 33.8 Å². The lowest BCUT2D eigenvalue weighted by molar-refractivity contribution is -0.118. The van der Waals surface area contributed by atoms with Gasteiger partial charge in [0.05, 0.1) is 35.7 Å². The van der Waals surface area contributed by atoms with Gasteiger partial charge in [0.15, 0.2) is 5.82 Å². The van der Waals surface area contributed by atoms with Crippen LogP contribution in [0, 0.1) is 0 Å². The summed E-state index contributed by atoms with van der Waals surface area (Å²) in [6.07, 6.45) is 6.88. The maximum absolute atomic E-state index is 12.2. The minimum atomic E-state index is -3.23. The number of amides is 1. The SMILES string of the molecule is CCS(=O)(=O)N1CCc2c(cnn2-c2cncc(-c3ccc4c(c3)CCC(=O)N4C)n2)C1. The number of hydrogen-bond acceptors (Lipinski definition) is 6. The summed E-state index contributed by atoms with van der Waals surface area (Å²) in [6, 6.07) is 5.97. The van der Waals surface area contributed by atoms with Crippen LogP contribution in [0.15, 0.2) is 36.8 Å². The summed E-state index contributed by atoms with van der Waals surface area (Å²) in [6.45, 7) is 2.42. The van der Waals surface area contributed by atoms with Crippen molar-refractivity contribution in [3.8, 4) is 17.1 Å². The topological polar surface area (TPSA) is 101 Å². The monoisotopic (exact) mass is 452 g/mol. The molecule has 0 N–H and O–H groups in total. The lowest BCUT2D eigenvalue weighted by Crippen LogP contribution is -2.37. The Morgan fingerprint density at radius 3 is 2.72 bits per heavy atom. The first-order chi connectivity index (χ1) is 15.4. The zero-order chi connectivity index (χ0) is 22.5. The Balaban J connectivity index is 1.46. The molecule has 5 rings (SSSR count). The third-order valence-electron chi connectivity index (χ3n) is 6.22. The zero-order valence-electron chi connectivity index (χ0n) is 18.0. The Labute approximate surface area is 186 Å². The molecule has 0 aliphatic carbocycles. The van der Waals surface area contributed by atoms with Gasteiger partial charge in [-0.05, 0) is 31.0 Å². The quantitative estimate of drug-likeness (QED) is 0.600. The molecule has 1 amide bonds. The van der Waals surface area contributed by atoms with E-state index in [1.807, 2.05) is 12.1 Å². The first-order valence-electron chi connectivity index (χ1n) is 10.6. The highest BCUT2D eigenvalue weighted by Crippen LogP contribution is 2.31. The van der Waals surface area contributed by atoms with Gasteiger partial charge in [0.25, 0.3) is 0 Å². The molecular weight excluding hydrogens is 428 g/mol. The number of aryl methyl sites for hydroxylation is 1. The van der Waals surface area contributed by atoms with Gasteiger partial charge >= 0.3 is 0 Å². The van der Waals surface area contributed by atoms with Crippen molar-refractivity contribution in [2.24, 2.45) is 0 Å². The molecule has 0 bridgehead atoms. The molecule has 0 unspecified atom stereocenters. The Morgan fingerprint density at radius 2 is 1.91 bits per heavy atom. The molecule has 2 aromatic heterocycles. The lowest BCUT2D eigenvalue weighted by Gasteiger charge is -2.26. The van der Waals surface area contributed by atoms with E-state index >= 15 is 0 Å². The lowest BCUT2D eigenvalue weighted by atomic mass is 9.98. The van der Waals surface area contributed by atoms with E-state index in [0.29, 0.717) is 38.2 Å². The van der Waals surface area contributed by atoms with Crippen LogP contribution in [0.1, 0.15) is 30.2 Å². The summed E-state index contributed by atoms with van der Waals surface area (Å²) in [5.41, 5.74) is 5.56. The fourth-order valence-electron chi connectivity index (χ4n) is 4.34. The number of carbonyl (C=O) groups is 1. The molecular formula is C22H24N6O3S. The van der Waals surface area contributed by atoms with Crippen LogP contribution in [-0.2, 0) is 34.2 Å². The van der Waals surface area contributed by atoms with Crippen molar-refractivity contribution in [1.82, 2.24) is 24.1 Å². The number of anilines is 1. The number of benzene rings is 1. The van der Waals surface area contributed by atoms with E-state index in [4.69, 9.17) is 4.98 Å². The summed E-state index contributed by atoms with van der Waals surface area (Å²) in [5.74, 6) is 0.815. The van der Waals surface area contributed by atoms with Crippen LogP contribution in [0.25, 0.3) is 17.1 Å². The van der Waals surface area contributed by atoms with Crippen LogP contribution in [0.5, 0.6) is 0 Å². The molecule has 0 saturated carbocycles. The normalized spacial score (nSPS) is 16.7. The summed E-state index contributed by atoms with van der Waals surface area (Å²) in [5, 5.41) is 4.48. The Bertz CT molecular complexity index is 1320. The van der Waals surface area contributed by atoms with Crippen LogP contribution in [0.3, 0.4) is 0 Å². The van der Waals surface area contributed by atoms with Crippen molar-refractivity contribution in [3.63, 3.8) is 0 Å². The summed E-state index contributed by atoms with van der Waals surface area (Å²) < 4.78 is 27.7. The first kappa shape index (κ1) is 20.8. The van der Waals surface area contributed by atoms with Crippen LogP contribution >= 0.6 is 0 Å². The first-order valence-corrected chi connectivity index (χ1v) is 12.2. The predicted molar refractivity (Wildman–Crippen MR) is 120 cm³/mol. The highest BCUT2D eigenvalue weighted by molar-refractivity contribution is 7.89. The molecule has 3 aromatic rings. The van der Waals surface area contributed by atoms with Gasteiger partial charge in [0.2, 0.25) is 15.9 Å². The fraction of sp³-hybridized carbons (Fsp3) is 0.364. The zero-order valence-corrected chi connectivity index (χ0v) is 18.8. The maximum Gasteiger partial charge on any atom is 0.227 e. The van der Waals surface area contributed by atoms with E-state index in [2.05, 4.69) is 16.1 Å². The van der Waals surface area contributed by atoms with Gasteiger partial charge in [-0.15, -0.1) is 0 Å². The Kier molecular flexibility index (Phi) is 5.06. The standard InChI is InChI=1S/C22H24N6O3S/c1-3-32(30,31)27-9-8-20-17(14-27)11-24-28(20)21-13-23-12-18(25-21)15-4-6-19-16(10-15)5-7-22(29)26(19)2/h4,6,10-13H,3,5,7-9,14H2,1-2H3. The number of carbonyl (C=O) groups excluding carboxylic acids is 1. The van der Waals surface area contributed by atoms with Crippen LogP contribution in [0.4, 0.5) is 5.69 Å². The molecule has 10 heteroatoms. The van der Waals surface area contributed by atoms with E-state index in [1.165, 1.54) is 4.31 Å². The number of rotatable bonds is 4. The number of sulfonamides is 1. The van der Waals surface area contributed by atoms with Crippen LogP contribution < -0.4 is 4.90 Å². The average Bonchev–Trinajstić information content (AvgIpc) is 3.25. The molecule has 32 heavy (non-hydrogen) atoms. The minimum absolute atomic E-state index is 0.0920. The number of fused-ring (bicyclic) bond motifs is 2. The molecule has 4 heterocycles. The van der Waals surface area contributed by atoms with Gasteiger partial charge in [-0.3, -0.25) is 9.78 Å². The summed E-state index contributed by atoms with van der Waals surface area (Å²) >= 11 is 0. The van der Waals surface area contributed by atoms with Crippen molar-refractivity contribution in [2.45, 2.75) is 32.7 Å². The van der Waals surface area contributed by atoms with E-state index < -0.39 is 10.0 Å². The van der Waals surface area contributed by atoms with Gasteiger partial charge in [-0.1, -0.05) is 6.07 Å². The third-order valence-corrected chi connectivity index (χ3v) is 8.04. The second-order valence-electron chi connectivity index (χ2n) is 8.07. The van der Waals surface area contributed by atoms with Crippen LogP contribution in [0.2, 0.25) is 0 Å². The molecule has 2 aliphatic heterocycles. The smallest absolute Gasteiger partial charge is 0.227 e. The molecule has 2 aliphatic rings. The Morgan fingerprint density at radius 1 is 1.06 bits per heavy atom. The molecule has 0 saturated heterocycles. The minimum Gasteiger partial charge on any atom is -0.315 e. The number of hydrogen-bond donors (Lipinski definition) is 0. The molecule has 9 nitrogen and oxygen atoms in total. The Hall–Kier alpha value is -3.11. The van der Waals surface area contributed by atoms with Crippen molar-refractivity contribution in [1.29, 1.82) is 0 Å². The molecule has 166 valence electrons. The van der Waals surface area contributed by atoms with E-state index in [9.17, 15) is 13.2 Å². The van der Waals surface area contributed by atoms with Crippen molar-refractivity contribution < 1.29 is 13.2 Å². The molecule has 0 radical (unpaired) electrons. The predicted octanol–water partition coefficient (Wildman–Crippen LogP) is 1.95. The second kappa shape index (κ2) is 7.79. The van der Waals surface area contributed by atoms with Gasteiger partial charge < -0.3 is 4.90 Å². The molecule has 0 fully saturated rings. The molecule has 1 aromatic carbocycles. The van der Waals surface area contributed by atoms with Crippen molar-refractivity contribution in [3.05, 3.63) is 53.6 Å². The highest BCUT2D eigenvalue weighted by Gasteiger charge is 2.28. The maximum atomic E-state index is 12.2. The largest absolute Gasteiger partial charge is 0.315 e. The van der Waals surface area contributed by atoms with Crippen LogP contribution in [-0.4, -0.2) is 57.7 Å². The van der Waals surface area contributed by atoms with Gasteiger partial charge in [-0.25, -0.2) is 18.1 Å². The number of nitrogens with zero attached hydrogens (tertiary/aromatic N) is 6. The van der Waals surface area contributed by atoms with Crippen molar-refractivity contribution >= 4 is 21.6 Å². The summed E-state index contributed by atoms with van der Waals surface area (Å²) in [7, 11) is -1.43. The molecule has 0 atom stereocenters. The van der Waals surface area contributed by atoms with Gasteiger partial charge in [-0.2, -0.15) is 9.40 Å². The van der Waals surface area contributed by atoms with Crippen molar-refractivity contribution in [2.75, 3.05) is 24.2 Å². The summed E-state index contributed by atoms with van der Waals surface area (Å²) in [4.78, 5) is 22.8.